The monoisotopic (exact) mass is 414 g/mol. The Morgan fingerprint density at radius 2 is 1.93 bits per heavy atom. The van der Waals surface area contributed by atoms with Gasteiger partial charge in [-0.25, -0.2) is 4.39 Å². The number of fused-ring (bicyclic) bond motifs is 1. The summed E-state index contributed by atoms with van der Waals surface area (Å²) in [5, 5.41) is 9.36. The molecule has 0 spiro atoms. The van der Waals surface area contributed by atoms with Crippen LogP contribution in [-0.4, -0.2) is 34.8 Å². The van der Waals surface area contributed by atoms with Crippen molar-refractivity contribution in [2.24, 2.45) is 5.92 Å². The van der Waals surface area contributed by atoms with Crippen molar-refractivity contribution < 1.29 is 9.13 Å². The minimum absolute atomic E-state index is 0.276. The van der Waals surface area contributed by atoms with Crippen molar-refractivity contribution in [1.82, 2.24) is 14.6 Å². The molecular weight excluding hydrogens is 391 g/mol. The molecule has 3 aromatic rings. The molecule has 2 fully saturated rings. The summed E-state index contributed by atoms with van der Waals surface area (Å²) in [7, 11) is 1.53. The second-order valence-electron chi connectivity index (χ2n) is 8.10. The zero-order valence-electron chi connectivity index (χ0n) is 16.4. The summed E-state index contributed by atoms with van der Waals surface area (Å²) in [5.74, 6) is 2.09. The Kier molecular flexibility index (Phi) is 4.82. The number of aromatic nitrogens is 3. The number of nitrogens with zero attached hydrogens (tertiary/aromatic N) is 4. The van der Waals surface area contributed by atoms with Gasteiger partial charge in [-0.2, -0.15) is 0 Å². The van der Waals surface area contributed by atoms with E-state index in [0.717, 1.165) is 61.0 Å². The zero-order chi connectivity index (χ0) is 20.0. The number of anilines is 1. The lowest BCUT2D eigenvalue weighted by Crippen LogP contribution is -2.33. The molecule has 2 aliphatic rings. The largest absolute Gasteiger partial charge is 0.493 e. The van der Waals surface area contributed by atoms with Crippen molar-refractivity contribution in [3.05, 3.63) is 52.7 Å². The summed E-state index contributed by atoms with van der Waals surface area (Å²) >= 11 is 6.73. The van der Waals surface area contributed by atoms with Crippen LogP contribution >= 0.6 is 11.6 Å². The first-order chi connectivity index (χ1) is 14.2. The Morgan fingerprint density at radius 1 is 1.14 bits per heavy atom. The predicted octanol–water partition coefficient (Wildman–Crippen LogP) is 4.87. The van der Waals surface area contributed by atoms with E-state index in [1.54, 1.807) is 6.07 Å². The quantitative estimate of drug-likeness (QED) is 0.597. The topological polar surface area (TPSA) is 42.7 Å². The van der Waals surface area contributed by atoms with Crippen LogP contribution in [0.3, 0.4) is 0 Å². The highest BCUT2D eigenvalue weighted by Crippen LogP contribution is 2.39. The third-order valence-corrected chi connectivity index (χ3v) is 6.58. The van der Waals surface area contributed by atoms with Crippen molar-refractivity contribution in [2.45, 2.75) is 38.0 Å². The molecule has 5 nitrogen and oxygen atoms in total. The first-order valence-corrected chi connectivity index (χ1v) is 10.6. The van der Waals surface area contributed by atoms with Crippen LogP contribution in [0.5, 0.6) is 5.75 Å². The molecular formula is C22H24ClFN4O. The van der Waals surface area contributed by atoms with Crippen LogP contribution in [0.2, 0.25) is 5.02 Å². The molecule has 1 aliphatic carbocycles. The minimum atomic E-state index is -0.297. The van der Waals surface area contributed by atoms with Gasteiger partial charge in [-0.1, -0.05) is 23.7 Å². The number of hydrogen-bond acceptors (Lipinski definition) is 4. The SMILES string of the molecule is COc1c(F)cccc1C1CCN(c2ccn3c(CC4CC4)nnc3c2Cl)CC1. The van der Waals surface area contributed by atoms with Crippen molar-refractivity contribution in [3.8, 4) is 5.75 Å². The van der Waals surface area contributed by atoms with Gasteiger partial charge in [0.05, 0.1) is 12.8 Å². The second-order valence-corrected chi connectivity index (χ2v) is 8.47. The summed E-state index contributed by atoms with van der Waals surface area (Å²) < 4.78 is 21.4. The highest BCUT2D eigenvalue weighted by atomic mass is 35.5. The fourth-order valence-corrected chi connectivity index (χ4v) is 4.73. The molecule has 1 saturated carbocycles. The number of hydrogen-bond donors (Lipinski definition) is 0. The number of pyridine rings is 1. The van der Waals surface area contributed by atoms with E-state index in [1.165, 1.54) is 26.0 Å². The predicted molar refractivity (Wildman–Crippen MR) is 112 cm³/mol. The number of rotatable bonds is 5. The Balaban J connectivity index is 1.35. The third kappa shape index (κ3) is 3.44. The molecule has 0 bridgehead atoms. The van der Waals surface area contributed by atoms with Gasteiger partial charge in [0.1, 0.15) is 10.8 Å². The number of benzene rings is 1. The Morgan fingerprint density at radius 3 is 2.66 bits per heavy atom. The van der Waals surface area contributed by atoms with Gasteiger partial charge >= 0.3 is 0 Å². The summed E-state index contributed by atoms with van der Waals surface area (Å²) in [6.45, 7) is 1.70. The number of halogens is 2. The van der Waals surface area contributed by atoms with Gasteiger partial charge in [0.25, 0.3) is 0 Å². The van der Waals surface area contributed by atoms with Gasteiger partial charge in [0.2, 0.25) is 0 Å². The summed E-state index contributed by atoms with van der Waals surface area (Å²) in [6, 6.07) is 7.24. The third-order valence-electron chi connectivity index (χ3n) is 6.21. The number of para-hydroxylation sites is 1. The van der Waals surface area contributed by atoms with Gasteiger partial charge in [-0.05, 0) is 49.7 Å². The maximum absolute atomic E-state index is 14.1. The average Bonchev–Trinajstić information content (AvgIpc) is 3.46. The molecule has 0 radical (unpaired) electrons. The van der Waals surface area contributed by atoms with Crippen molar-refractivity contribution in [2.75, 3.05) is 25.1 Å². The molecule has 0 unspecified atom stereocenters. The van der Waals surface area contributed by atoms with E-state index in [4.69, 9.17) is 16.3 Å². The smallest absolute Gasteiger partial charge is 0.181 e. The Bertz CT molecular complexity index is 1040. The molecule has 2 aromatic heterocycles. The Labute approximate surface area is 174 Å². The normalized spacial score (nSPS) is 17.8. The molecule has 0 N–H and O–H groups in total. The second kappa shape index (κ2) is 7.48. The summed E-state index contributed by atoms with van der Waals surface area (Å²) in [4.78, 5) is 2.29. The van der Waals surface area contributed by atoms with E-state index < -0.39 is 0 Å². The maximum atomic E-state index is 14.1. The average molecular weight is 415 g/mol. The standard InChI is InChI=1S/C22H24ClFN4O/c1-29-21-16(3-2-4-17(21)24)15-7-10-27(11-8-15)18-9-12-28-19(13-14-5-6-14)25-26-22(28)20(18)23/h2-4,9,12,14-15H,5-8,10-11,13H2,1H3. The zero-order valence-corrected chi connectivity index (χ0v) is 17.2. The van der Waals surface area contributed by atoms with Gasteiger partial charge in [0.15, 0.2) is 17.2 Å². The lowest BCUT2D eigenvalue weighted by atomic mass is 9.88. The van der Waals surface area contributed by atoms with Crippen LogP contribution in [0.15, 0.2) is 30.5 Å². The van der Waals surface area contributed by atoms with Crippen LogP contribution in [0.1, 0.15) is 43.0 Å². The lowest BCUT2D eigenvalue weighted by molar-refractivity contribution is 0.371. The molecule has 1 saturated heterocycles. The number of ether oxygens (including phenoxy) is 1. The van der Waals surface area contributed by atoms with Gasteiger partial charge < -0.3 is 9.64 Å². The molecule has 152 valence electrons. The van der Waals surface area contributed by atoms with Gasteiger partial charge in [-0.15, -0.1) is 10.2 Å². The molecule has 0 atom stereocenters. The minimum Gasteiger partial charge on any atom is -0.493 e. The molecule has 0 amide bonds. The van der Waals surface area contributed by atoms with E-state index in [-0.39, 0.29) is 11.7 Å². The van der Waals surface area contributed by atoms with E-state index in [2.05, 4.69) is 21.2 Å². The highest BCUT2D eigenvalue weighted by molar-refractivity contribution is 6.36. The lowest BCUT2D eigenvalue weighted by Gasteiger charge is -2.34. The maximum Gasteiger partial charge on any atom is 0.181 e. The van der Waals surface area contributed by atoms with Crippen molar-refractivity contribution in [3.63, 3.8) is 0 Å². The van der Waals surface area contributed by atoms with Crippen LogP contribution < -0.4 is 9.64 Å². The highest BCUT2D eigenvalue weighted by Gasteiger charge is 2.27. The van der Waals surface area contributed by atoms with Crippen molar-refractivity contribution in [1.29, 1.82) is 0 Å². The number of methoxy groups -OCH3 is 1. The van der Waals surface area contributed by atoms with Gasteiger partial charge in [-0.3, -0.25) is 4.40 Å². The fourth-order valence-electron chi connectivity index (χ4n) is 4.42. The Hall–Kier alpha value is -2.34. The first kappa shape index (κ1) is 18.7. The van der Waals surface area contributed by atoms with E-state index in [1.807, 2.05) is 16.7 Å². The summed E-state index contributed by atoms with van der Waals surface area (Å²) in [6.07, 6.45) is 7.41. The van der Waals surface area contributed by atoms with Gasteiger partial charge in [0, 0.05) is 31.3 Å². The van der Waals surface area contributed by atoms with Crippen LogP contribution in [0.25, 0.3) is 5.65 Å². The molecule has 7 heteroatoms. The molecule has 29 heavy (non-hydrogen) atoms. The first-order valence-electron chi connectivity index (χ1n) is 10.2. The summed E-state index contributed by atoms with van der Waals surface area (Å²) in [5.41, 5.74) is 2.68. The van der Waals surface area contributed by atoms with E-state index in [0.29, 0.717) is 10.8 Å². The molecule has 5 rings (SSSR count). The van der Waals surface area contributed by atoms with E-state index in [9.17, 15) is 4.39 Å². The van der Waals surface area contributed by atoms with Crippen molar-refractivity contribution >= 4 is 22.9 Å². The van der Waals surface area contributed by atoms with Crippen LogP contribution in [0.4, 0.5) is 10.1 Å². The molecule has 1 aromatic carbocycles. The fraction of sp³-hybridized carbons (Fsp3) is 0.455. The van der Waals surface area contributed by atoms with E-state index >= 15 is 0 Å². The van der Waals surface area contributed by atoms with Crippen LogP contribution in [-0.2, 0) is 6.42 Å². The number of piperidine rings is 1. The molecule has 1 aliphatic heterocycles. The molecule has 3 heterocycles. The van der Waals surface area contributed by atoms with Crippen LogP contribution in [0, 0.1) is 11.7 Å².